The van der Waals surface area contributed by atoms with Crippen LogP contribution in [0.25, 0.3) is 0 Å². The average molecular weight is 249 g/mol. The molecule has 2 saturated carbocycles. The summed E-state index contributed by atoms with van der Waals surface area (Å²) >= 11 is 0. The van der Waals surface area contributed by atoms with Crippen molar-refractivity contribution in [3.8, 4) is 0 Å². The summed E-state index contributed by atoms with van der Waals surface area (Å²) in [5, 5.41) is 4.09. The van der Waals surface area contributed by atoms with E-state index in [4.69, 9.17) is 0 Å². The summed E-state index contributed by atoms with van der Waals surface area (Å²) in [5.74, 6) is 2.04. The maximum Gasteiger partial charge on any atom is 0.00980 e. The minimum absolute atomic E-state index is 0.881. The summed E-state index contributed by atoms with van der Waals surface area (Å²) in [6.07, 6.45) is 19.4. The highest BCUT2D eigenvalue weighted by Gasteiger charge is 2.32. The molecule has 1 saturated heterocycles. The Balaban J connectivity index is 1.53. The largest absolute Gasteiger partial charge is 0.311 e. The molecule has 18 heavy (non-hydrogen) atoms. The van der Waals surface area contributed by atoms with Crippen LogP contribution < -0.4 is 5.32 Å². The van der Waals surface area contributed by atoms with E-state index in [1.54, 1.807) is 0 Å². The highest BCUT2D eigenvalue weighted by Crippen LogP contribution is 2.35. The van der Waals surface area contributed by atoms with Crippen LogP contribution in [0, 0.1) is 11.8 Å². The molecule has 2 atom stereocenters. The molecule has 1 N–H and O–H groups in total. The Bertz CT molecular complexity index is 214. The van der Waals surface area contributed by atoms with Gasteiger partial charge in [-0.1, -0.05) is 44.9 Å². The molecule has 2 unspecified atom stereocenters. The first-order valence-electron chi connectivity index (χ1n) is 8.69. The maximum atomic E-state index is 4.09. The molecule has 2 aliphatic carbocycles. The Morgan fingerprint density at radius 1 is 0.444 bits per heavy atom. The molecule has 0 bridgehead atoms. The fraction of sp³-hybridized carbons (Fsp3) is 1.00. The first-order chi connectivity index (χ1) is 8.93. The molecule has 0 amide bonds. The third-order valence-corrected chi connectivity index (χ3v) is 5.90. The van der Waals surface area contributed by atoms with E-state index in [-0.39, 0.29) is 0 Å². The third-order valence-electron chi connectivity index (χ3n) is 5.90. The van der Waals surface area contributed by atoms with Gasteiger partial charge in [-0.05, 0) is 50.4 Å². The van der Waals surface area contributed by atoms with E-state index in [1.807, 2.05) is 0 Å². The highest BCUT2D eigenvalue weighted by molar-refractivity contribution is 4.90. The Morgan fingerprint density at radius 2 is 0.889 bits per heavy atom. The Hall–Kier alpha value is -0.0400. The summed E-state index contributed by atoms with van der Waals surface area (Å²) in [7, 11) is 0. The topological polar surface area (TPSA) is 12.0 Å². The quantitative estimate of drug-likeness (QED) is 0.750. The van der Waals surface area contributed by atoms with E-state index in [0.29, 0.717) is 0 Å². The minimum atomic E-state index is 0.881. The predicted octanol–water partition coefficient (Wildman–Crippen LogP) is 4.66. The van der Waals surface area contributed by atoms with Gasteiger partial charge in [0.25, 0.3) is 0 Å². The SMILES string of the molecule is C1CCC(C2CCCC(C3CCCCC3)N2)CC1. The molecular weight excluding hydrogens is 218 g/mol. The van der Waals surface area contributed by atoms with Crippen molar-refractivity contribution >= 4 is 0 Å². The van der Waals surface area contributed by atoms with Crippen molar-refractivity contribution in [3.05, 3.63) is 0 Å². The van der Waals surface area contributed by atoms with Crippen LogP contribution in [0.5, 0.6) is 0 Å². The van der Waals surface area contributed by atoms with Crippen molar-refractivity contribution in [1.29, 1.82) is 0 Å². The summed E-state index contributed by atoms with van der Waals surface area (Å²) in [6.45, 7) is 0. The van der Waals surface area contributed by atoms with E-state index in [1.165, 1.54) is 83.5 Å². The lowest BCUT2D eigenvalue weighted by Gasteiger charge is -2.41. The zero-order valence-electron chi connectivity index (χ0n) is 12.0. The molecular formula is C17H31N. The first kappa shape index (κ1) is 13.0. The molecule has 3 aliphatic rings. The molecule has 1 heterocycles. The van der Waals surface area contributed by atoms with Gasteiger partial charge in [-0.15, -0.1) is 0 Å². The maximum absolute atomic E-state index is 4.09. The van der Waals surface area contributed by atoms with Gasteiger partial charge in [-0.2, -0.15) is 0 Å². The molecule has 0 radical (unpaired) electrons. The van der Waals surface area contributed by atoms with Gasteiger partial charge in [0.1, 0.15) is 0 Å². The summed E-state index contributed by atoms with van der Waals surface area (Å²) in [6, 6.07) is 1.76. The summed E-state index contributed by atoms with van der Waals surface area (Å²) in [5.41, 5.74) is 0. The minimum Gasteiger partial charge on any atom is -0.311 e. The van der Waals surface area contributed by atoms with Crippen LogP contribution in [0.1, 0.15) is 83.5 Å². The van der Waals surface area contributed by atoms with Crippen LogP contribution >= 0.6 is 0 Å². The van der Waals surface area contributed by atoms with Gasteiger partial charge in [0.05, 0.1) is 0 Å². The fourth-order valence-corrected chi connectivity index (χ4v) is 4.82. The van der Waals surface area contributed by atoms with Crippen LogP contribution in [0.15, 0.2) is 0 Å². The molecule has 104 valence electrons. The Labute approximate surface area is 113 Å². The van der Waals surface area contributed by atoms with Crippen LogP contribution in [-0.2, 0) is 0 Å². The Kier molecular flexibility index (Phi) is 4.62. The summed E-state index contributed by atoms with van der Waals surface area (Å²) < 4.78 is 0. The fourth-order valence-electron chi connectivity index (χ4n) is 4.82. The van der Waals surface area contributed by atoms with Gasteiger partial charge in [0.2, 0.25) is 0 Å². The Morgan fingerprint density at radius 3 is 1.33 bits per heavy atom. The van der Waals surface area contributed by atoms with Crippen molar-refractivity contribution in [3.63, 3.8) is 0 Å². The van der Waals surface area contributed by atoms with Crippen molar-refractivity contribution in [1.82, 2.24) is 5.32 Å². The lowest BCUT2D eigenvalue weighted by Crippen LogP contribution is -2.50. The molecule has 0 aromatic rings. The standard InChI is InChI=1S/C17H31N/c1-3-8-14(9-4-1)16-12-7-13-17(18-16)15-10-5-2-6-11-15/h14-18H,1-13H2. The predicted molar refractivity (Wildman–Crippen MR) is 77.7 cm³/mol. The zero-order valence-corrected chi connectivity index (χ0v) is 12.0. The van der Waals surface area contributed by atoms with Gasteiger partial charge in [-0.3, -0.25) is 0 Å². The third kappa shape index (κ3) is 3.10. The summed E-state index contributed by atoms with van der Waals surface area (Å²) in [4.78, 5) is 0. The number of nitrogens with one attached hydrogen (secondary N) is 1. The smallest absolute Gasteiger partial charge is 0.00980 e. The van der Waals surface area contributed by atoms with Gasteiger partial charge >= 0.3 is 0 Å². The van der Waals surface area contributed by atoms with Crippen molar-refractivity contribution in [2.75, 3.05) is 0 Å². The van der Waals surface area contributed by atoms with E-state index in [9.17, 15) is 0 Å². The van der Waals surface area contributed by atoms with Crippen LogP contribution in [-0.4, -0.2) is 12.1 Å². The van der Waals surface area contributed by atoms with E-state index in [0.717, 1.165) is 23.9 Å². The second-order valence-electron chi connectivity index (χ2n) is 7.11. The van der Waals surface area contributed by atoms with Gasteiger partial charge in [-0.25, -0.2) is 0 Å². The monoisotopic (exact) mass is 249 g/mol. The molecule has 3 rings (SSSR count). The van der Waals surface area contributed by atoms with Crippen LogP contribution in [0.4, 0.5) is 0 Å². The second-order valence-corrected chi connectivity index (χ2v) is 7.11. The van der Waals surface area contributed by atoms with E-state index >= 15 is 0 Å². The number of hydrogen-bond acceptors (Lipinski definition) is 1. The number of rotatable bonds is 2. The first-order valence-corrected chi connectivity index (χ1v) is 8.69. The molecule has 1 heteroatoms. The van der Waals surface area contributed by atoms with Crippen LogP contribution in [0.2, 0.25) is 0 Å². The number of hydrogen-bond donors (Lipinski definition) is 1. The van der Waals surface area contributed by atoms with E-state index in [2.05, 4.69) is 5.32 Å². The van der Waals surface area contributed by atoms with Crippen LogP contribution in [0.3, 0.4) is 0 Å². The van der Waals surface area contributed by atoms with Crippen molar-refractivity contribution in [2.45, 2.75) is 95.6 Å². The average Bonchev–Trinajstić information content (AvgIpc) is 2.49. The normalized spacial score (nSPS) is 36.7. The molecule has 3 fully saturated rings. The zero-order chi connectivity index (χ0) is 12.2. The molecule has 0 aromatic heterocycles. The van der Waals surface area contributed by atoms with Crippen molar-refractivity contribution in [2.24, 2.45) is 11.8 Å². The van der Waals surface area contributed by atoms with E-state index < -0.39 is 0 Å². The number of piperidine rings is 1. The lowest BCUT2D eigenvalue weighted by molar-refractivity contribution is 0.156. The lowest BCUT2D eigenvalue weighted by atomic mass is 9.76. The van der Waals surface area contributed by atoms with Crippen molar-refractivity contribution < 1.29 is 0 Å². The second kappa shape index (κ2) is 6.41. The van der Waals surface area contributed by atoms with Gasteiger partial charge in [0.15, 0.2) is 0 Å². The van der Waals surface area contributed by atoms with Gasteiger partial charge < -0.3 is 5.32 Å². The molecule has 0 spiro atoms. The highest BCUT2D eigenvalue weighted by atomic mass is 15.0. The molecule has 1 aliphatic heterocycles. The van der Waals surface area contributed by atoms with Gasteiger partial charge in [0, 0.05) is 12.1 Å². The molecule has 0 aromatic carbocycles. The molecule has 1 nitrogen and oxygen atoms in total.